The predicted molar refractivity (Wildman–Crippen MR) is 196 cm³/mol. The fourth-order valence-corrected chi connectivity index (χ4v) is 6.65. The molecule has 2 N–H and O–H groups in total. The van der Waals surface area contributed by atoms with Gasteiger partial charge in [-0.1, -0.05) is 72.8 Å². The van der Waals surface area contributed by atoms with Crippen LogP contribution in [0.3, 0.4) is 0 Å². The Morgan fingerprint density at radius 1 is 0.333 bits per heavy atom. The molecule has 226 valence electrons. The molecule has 0 radical (unpaired) electrons. The van der Waals surface area contributed by atoms with Crippen molar-refractivity contribution in [3.63, 3.8) is 0 Å². The van der Waals surface area contributed by atoms with Crippen molar-refractivity contribution in [2.75, 3.05) is 0 Å². The molecule has 0 unspecified atom stereocenters. The van der Waals surface area contributed by atoms with Gasteiger partial charge < -0.3 is 9.97 Å². The number of hydrogen-bond acceptors (Lipinski definition) is 4. The normalized spacial score (nSPS) is 12.0. The van der Waals surface area contributed by atoms with Crippen LogP contribution in [0.25, 0.3) is 90.9 Å². The third-order valence-corrected chi connectivity index (χ3v) is 8.78. The summed E-state index contributed by atoms with van der Waals surface area (Å²) in [7, 11) is 0. The number of benzene rings is 2. The predicted octanol–water partition coefficient (Wildman–Crippen LogP) is 10.1. The maximum absolute atomic E-state index is 5.31. The number of nitrogens with one attached hydrogen (secondary N) is 2. The third-order valence-electron chi connectivity index (χ3n) is 8.78. The highest BCUT2D eigenvalue weighted by molar-refractivity contribution is 5.99. The van der Waals surface area contributed by atoms with Crippen LogP contribution in [-0.2, 0) is 0 Å². The minimum absolute atomic E-state index is 0.854. The zero-order valence-corrected chi connectivity index (χ0v) is 25.8. The number of fused-ring (bicyclic) bond motifs is 8. The summed E-state index contributed by atoms with van der Waals surface area (Å²) in [5.41, 5.74) is 15.3. The van der Waals surface area contributed by atoms with Gasteiger partial charge in [0, 0.05) is 80.2 Å². The lowest BCUT2D eigenvalue weighted by molar-refractivity contribution is 1.29. The van der Waals surface area contributed by atoms with Gasteiger partial charge in [0.25, 0.3) is 0 Å². The minimum atomic E-state index is 0.854. The second kappa shape index (κ2) is 11.6. The molecule has 6 heteroatoms. The molecule has 5 aromatic heterocycles. The Morgan fingerprint density at radius 2 is 0.667 bits per heavy atom. The minimum Gasteiger partial charge on any atom is -0.354 e. The molecule has 7 heterocycles. The van der Waals surface area contributed by atoms with Crippen molar-refractivity contribution < 1.29 is 0 Å². The highest BCUT2D eigenvalue weighted by atomic mass is 14.8. The Balaban J connectivity index is 1.49. The van der Waals surface area contributed by atoms with Gasteiger partial charge in [-0.15, -0.1) is 0 Å². The van der Waals surface area contributed by atoms with Crippen LogP contribution in [0.15, 0.2) is 134 Å². The van der Waals surface area contributed by atoms with Crippen molar-refractivity contribution in [2.45, 2.75) is 0 Å². The Morgan fingerprint density at radius 3 is 1.00 bits per heavy atom. The largest absolute Gasteiger partial charge is 0.354 e. The van der Waals surface area contributed by atoms with Crippen molar-refractivity contribution in [2.24, 2.45) is 0 Å². The van der Waals surface area contributed by atoms with Crippen LogP contribution in [0.5, 0.6) is 0 Å². The highest BCUT2D eigenvalue weighted by Gasteiger charge is 2.18. The maximum Gasteiger partial charge on any atom is 0.0737 e. The lowest BCUT2D eigenvalue weighted by Gasteiger charge is -2.06. The van der Waals surface area contributed by atoms with Crippen LogP contribution in [0, 0.1) is 0 Å². The lowest BCUT2D eigenvalue weighted by atomic mass is 10.0. The summed E-state index contributed by atoms with van der Waals surface area (Å²) in [6.45, 7) is 0. The standard InChI is InChI=1S/C42H28N6/c1-3-9-27(10-4-1)39-31-15-16-32(45-31)40(28-11-5-2-6-12-28)34-18-20-36(47-34)42(30-14-8-24-44-26-30)38-22-21-37(48-38)41(29-13-7-23-43-25-29)35-19-17-33(39)46-35/h1-26,45,48H. The molecule has 0 fully saturated rings. The lowest BCUT2D eigenvalue weighted by Crippen LogP contribution is -1.90. The maximum atomic E-state index is 5.31. The number of rotatable bonds is 4. The molecule has 2 aliphatic rings. The number of aromatic nitrogens is 6. The van der Waals surface area contributed by atoms with Crippen LogP contribution in [0.4, 0.5) is 0 Å². The van der Waals surface area contributed by atoms with E-state index in [4.69, 9.17) is 9.97 Å². The van der Waals surface area contributed by atoms with Gasteiger partial charge in [0.05, 0.1) is 22.8 Å². The van der Waals surface area contributed by atoms with E-state index >= 15 is 0 Å². The van der Waals surface area contributed by atoms with Crippen molar-refractivity contribution in [3.8, 4) is 44.5 Å². The zero-order chi connectivity index (χ0) is 31.9. The molecule has 0 saturated carbocycles. The zero-order valence-electron chi connectivity index (χ0n) is 25.8. The fraction of sp³-hybridized carbons (Fsp3) is 0. The molecule has 8 bridgehead atoms. The third kappa shape index (κ3) is 4.84. The van der Waals surface area contributed by atoms with Crippen LogP contribution in [0.2, 0.25) is 0 Å². The molecule has 0 amide bonds. The van der Waals surface area contributed by atoms with Crippen LogP contribution < -0.4 is 0 Å². The molecular formula is C42H28N6. The van der Waals surface area contributed by atoms with E-state index in [1.807, 2.05) is 36.7 Å². The van der Waals surface area contributed by atoms with Gasteiger partial charge in [-0.2, -0.15) is 0 Å². The van der Waals surface area contributed by atoms with Gasteiger partial charge in [0.2, 0.25) is 0 Å². The Labute approximate surface area is 276 Å². The number of aromatic amines is 2. The molecule has 9 rings (SSSR count). The van der Waals surface area contributed by atoms with Crippen LogP contribution in [0.1, 0.15) is 22.8 Å². The monoisotopic (exact) mass is 616 g/mol. The molecule has 0 atom stereocenters. The van der Waals surface area contributed by atoms with Crippen molar-refractivity contribution in [1.29, 1.82) is 0 Å². The molecule has 48 heavy (non-hydrogen) atoms. The first-order valence-electron chi connectivity index (χ1n) is 15.9. The SMILES string of the molecule is C1=Cc2nc1c(-c1ccccc1)c1ccc([nH]1)c(-c1ccccc1)c1nc(c(-c3cccnc3)c3ccc([nH]3)c2-c2cccnc2)C=C1. The molecule has 7 aromatic rings. The molecule has 6 nitrogen and oxygen atoms in total. The molecule has 0 saturated heterocycles. The van der Waals surface area contributed by atoms with E-state index in [1.54, 1.807) is 12.4 Å². The van der Waals surface area contributed by atoms with Crippen molar-refractivity contribution in [3.05, 3.63) is 157 Å². The van der Waals surface area contributed by atoms with Crippen LogP contribution in [-0.4, -0.2) is 29.9 Å². The van der Waals surface area contributed by atoms with Gasteiger partial charge in [-0.05, 0) is 71.8 Å². The second-order valence-electron chi connectivity index (χ2n) is 11.7. The Kier molecular flexibility index (Phi) is 6.68. The average molecular weight is 617 g/mol. The summed E-state index contributed by atoms with van der Waals surface area (Å²) in [5, 5.41) is 0. The van der Waals surface area contributed by atoms with Gasteiger partial charge in [0.15, 0.2) is 0 Å². The summed E-state index contributed by atoms with van der Waals surface area (Å²) >= 11 is 0. The van der Waals surface area contributed by atoms with E-state index < -0.39 is 0 Å². The summed E-state index contributed by atoms with van der Waals surface area (Å²) in [4.78, 5) is 27.1. The van der Waals surface area contributed by atoms with Gasteiger partial charge in [-0.25, -0.2) is 9.97 Å². The van der Waals surface area contributed by atoms with Crippen molar-refractivity contribution in [1.82, 2.24) is 29.9 Å². The van der Waals surface area contributed by atoms with E-state index in [0.29, 0.717) is 0 Å². The summed E-state index contributed by atoms with van der Waals surface area (Å²) in [5.74, 6) is 0. The van der Waals surface area contributed by atoms with E-state index in [0.717, 1.165) is 89.4 Å². The molecule has 0 spiro atoms. The number of hydrogen-bond donors (Lipinski definition) is 2. The van der Waals surface area contributed by atoms with Gasteiger partial charge in [-0.3, -0.25) is 9.97 Å². The smallest absolute Gasteiger partial charge is 0.0737 e. The summed E-state index contributed by atoms with van der Waals surface area (Å²) in [6.07, 6.45) is 15.8. The van der Waals surface area contributed by atoms with Gasteiger partial charge in [0.1, 0.15) is 0 Å². The molecule has 0 aliphatic carbocycles. The first kappa shape index (κ1) is 27.6. The Bertz CT molecular complexity index is 2180. The van der Waals surface area contributed by atoms with Crippen LogP contribution >= 0.6 is 0 Å². The first-order chi connectivity index (χ1) is 23.8. The highest BCUT2D eigenvalue weighted by Crippen LogP contribution is 2.38. The quantitative estimate of drug-likeness (QED) is 0.206. The molecule has 2 aliphatic heterocycles. The second-order valence-corrected chi connectivity index (χ2v) is 11.7. The summed E-state index contributed by atoms with van der Waals surface area (Å²) in [6, 6.07) is 37.5. The van der Waals surface area contributed by atoms with Gasteiger partial charge >= 0.3 is 0 Å². The van der Waals surface area contributed by atoms with Crippen molar-refractivity contribution >= 4 is 46.4 Å². The van der Waals surface area contributed by atoms with E-state index in [1.165, 1.54) is 0 Å². The Hall–Kier alpha value is -6.66. The number of H-pyrrole nitrogens is 2. The number of nitrogens with zero attached hydrogens (tertiary/aromatic N) is 4. The first-order valence-corrected chi connectivity index (χ1v) is 15.9. The fourth-order valence-electron chi connectivity index (χ4n) is 6.65. The van der Waals surface area contributed by atoms with E-state index in [2.05, 4.69) is 129 Å². The summed E-state index contributed by atoms with van der Waals surface area (Å²) < 4.78 is 0. The van der Waals surface area contributed by atoms with E-state index in [9.17, 15) is 0 Å². The van der Waals surface area contributed by atoms with E-state index in [-0.39, 0.29) is 0 Å². The molecular weight excluding hydrogens is 589 g/mol. The number of pyridine rings is 2. The topological polar surface area (TPSA) is 83.1 Å². The molecule has 2 aromatic carbocycles. The average Bonchev–Trinajstić information content (AvgIpc) is 3.98.